The normalized spacial score (nSPS) is 13.8. The van der Waals surface area contributed by atoms with E-state index >= 15 is 0 Å². The van der Waals surface area contributed by atoms with Crippen molar-refractivity contribution in [1.29, 1.82) is 0 Å². The molecular weight excluding hydrogens is 220 g/mol. The molecule has 0 saturated heterocycles. The Morgan fingerprint density at radius 2 is 2.19 bits per heavy atom. The highest BCUT2D eigenvalue weighted by molar-refractivity contribution is 7.12. The van der Waals surface area contributed by atoms with Crippen LogP contribution in [-0.2, 0) is 4.79 Å². The Hall–Kier alpha value is -0.870. The zero-order valence-electron chi connectivity index (χ0n) is 10.3. The predicted molar refractivity (Wildman–Crippen MR) is 68.4 cm³/mol. The van der Waals surface area contributed by atoms with Gasteiger partial charge in [0.25, 0.3) is 0 Å². The molecule has 1 aromatic heterocycles. The molecule has 0 aliphatic rings. The van der Waals surface area contributed by atoms with E-state index in [9.17, 15) is 4.79 Å². The Kier molecular flexibility index (Phi) is 4.10. The van der Waals surface area contributed by atoms with Crippen molar-refractivity contribution < 1.29 is 4.79 Å². The summed E-state index contributed by atoms with van der Waals surface area (Å²) >= 11 is 1.78. The van der Waals surface area contributed by atoms with E-state index in [2.05, 4.69) is 31.3 Å². The number of nitrogens with two attached hydrogens (primary N) is 1. The first-order chi connectivity index (χ1) is 7.33. The monoisotopic (exact) mass is 240 g/mol. The molecule has 1 rings (SSSR count). The number of nitrogens with one attached hydrogen (secondary N) is 1. The smallest absolute Gasteiger partial charge is 0.224 e. The number of carbonyl (C=O) groups is 1. The van der Waals surface area contributed by atoms with Gasteiger partial charge >= 0.3 is 0 Å². The fraction of sp³-hybridized carbons (Fsp3) is 0.583. The minimum Gasteiger partial charge on any atom is -0.369 e. The first kappa shape index (κ1) is 13.2. The number of carbonyl (C=O) groups excluding carboxylic acids is 1. The maximum absolute atomic E-state index is 11.2. The van der Waals surface area contributed by atoms with Crippen molar-refractivity contribution in [3.8, 4) is 0 Å². The van der Waals surface area contributed by atoms with Crippen LogP contribution >= 0.6 is 11.3 Å². The van der Waals surface area contributed by atoms with Crippen molar-refractivity contribution in [2.45, 2.75) is 33.7 Å². The van der Waals surface area contributed by atoms with Gasteiger partial charge in [-0.1, -0.05) is 0 Å². The molecule has 0 spiro atoms. The van der Waals surface area contributed by atoms with E-state index in [0.717, 1.165) is 0 Å². The average molecular weight is 240 g/mol. The summed E-state index contributed by atoms with van der Waals surface area (Å²) in [6.45, 7) is 8.50. The molecule has 4 heteroatoms. The van der Waals surface area contributed by atoms with Crippen LogP contribution in [0.2, 0.25) is 0 Å². The van der Waals surface area contributed by atoms with Crippen molar-refractivity contribution in [3.05, 3.63) is 21.9 Å². The molecule has 90 valence electrons. The van der Waals surface area contributed by atoms with Crippen LogP contribution in [0, 0.1) is 12.3 Å². The zero-order valence-corrected chi connectivity index (χ0v) is 11.1. The Morgan fingerprint density at radius 1 is 1.56 bits per heavy atom. The third-order valence-corrected chi connectivity index (χ3v) is 3.89. The number of amides is 1. The van der Waals surface area contributed by atoms with Gasteiger partial charge in [0.05, 0.1) is 5.41 Å². The highest BCUT2D eigenvalue weighted by Crippen LogP contribution is 2.23. The fourth-order valence-corrected chi connectivity index (χ4v) is 2.19. The second-order valence-electron chi connectivity index (χ2n) is 4.80. The molecule has 16 heavy (non-hydrogen) atoms. The highest BCUT2D eigenvalue weighted by atomic mass is 32.1. The largest absolute Gasteiger partial charge is 0.369 e. The van der Waals surface area contributed by atoms with Gasteiger partial charge in [-0.3, -0.25) is 4.79 Å². The van der Waals surface area contributed by atoms with E-state index in [4.69, 9.17) is 5.73 Å². The van der Waals surface area contributed by atoms with Crippen molar-refractivity contribution in [2.24, 2.45) is 11.1 Å². The van der Waals surface area contributed by atoms with E-state index in [1.165, 1.54) is 9.75 Å². The number of thiophene rings is 1. The molecule has 0 radical (unpaired) electrons. The zero-order chi connectivity index (χ0) is 12.3. The Labute approximate surface area is 101 Å². The van der Waals surface area contributed by atoms with E-state index in [0.29, 0.717) is 6.54 Å². The van der Waals surface area contributed by atoms with Crippen molar-refractivity contribution in [1.82, 2.24) is 5.32 Å². The van der Waals surface area contributed by atoms with Gasteiger partial charge in [-0.05, 0) is 39.8 Å². The molecule has 0 aliphatic heterocycles. The molecule has 0 bridgehead atoms. The minimum atomic E-state index is -0.499. The molecule has 3 nitrogen and oxygen atoms in total. The summed E-state index contributed by atoms with van der Waals surface area (Å²) in [5.74, 6) is -0.269. The lowest BCUT2D eigenvalue weighted by Gasteiger charge is -2.23. The van der Waals surface area contributed by atoms with Crippen LogP contribution in [0.3, 0.4) is 0 Å². The Morgan fingerprint density at radius 3 is 2.62 bits per heavy atom. The molecule has 3 N–H and O–H groups in total. The first-order valence-electron chi connectivity index (χ1n) is 5.42. The second-order valence-corrected chi connectivity index (χ2v) is 6.12. The highest BCUT2D eigenvalue weighted by Gasteiger charge is 2.25. The van der Waals surface area contributed by atoms with Crippen molar-refractivity contribution >= 4 is 17.2 Å². The number of aryl methyl sites for hydroxylation is 1. The molecule has 1 atom stereocenters. The van der Waals surface area contributed by atoms with Crippen LogP contribution < -0.4 is 11.1 Å². The summed E-state index contributed by atoms with van der Waals surface area (Å²) in [5, 5.41) is 3.34. The molecule has 0 aliphatic carbocycles. The van der Waals surface area contributed by atoms with Crippen LogP contribution in [-0.4, -0.2) is 12.5 Å². The van der Waals surface area contributed by atoms with Gasteiger partial charge in [-0.15, -0.1) is 11.3 Å². The van der Waals surface area contributed by atoms with Crippen molar-refractivity contribution in [2.75, 3.05) is 6.54 Å². The molecule has 0 fully saturated rings. The van der Waals surface area contributed by atoms with Crippen LogP contribution in [0.15, 0.2) is 12.1 Å². The van der Waals surface area contributed by atoms with E-state index in [1.54, 1.807) is 11.3 Å². The van der Waals surface area contributed by atoms with Gasteiger partial charge in [0.2, 0.25) is 5.91 Å². The predicted octanol–water partition coefficient (Wildman–Crippen LogP) is 2.22. The summed E-state index contributed by atoms with van der Waals surface area (Å²) in [5.41, 5.74) is 4.82. The van der Waals surface area contributed by atoms with Crippen LogP contribution in [0.4, 0.5) is 0 Å². The van der Waals surface area contributed by atoms with Gasteiger partial charge < -0.3 is 11.1 Å². The third-order valence-electron chi connectivity index (χ3n) is 2.71. The summed E-state index contributed by atoms with van der Waals surface area (Å²) in [6.07, 6.45) is 0. The molecule has 1 heterocycles. The molecule has 1 amide bonds. The van der Waals surface area contributed by atoms with Crippen LogP contribution in [0.5, 0.6) is 0 Å². The van der Waals surface area contributed by atoms with E-state index in [-0.39, 0.29) is 11.9 Å². The van der Waals surface area contributed by atoms with E-state index in [1.807, 2.05) is 13.8 Å². The lowest BCUT2D eigenvalue weighted by atomic mass is 9.92. The SMILES string of the molecule is Cc1ccc(C(C)NCC(C)(C)C(N)=O)s1. The van der Waals surface area contributed by atoms with Crippen LogP contribution in [0.25, 0.3) is 0 Å². The maximum Gasteiger partial charge on any atom is 0.224 e. The fourth-order valence-electron chi connectivity index (χ4n) is 1.28. The van der Waals surface area contributed by atoms with E-state index < -0.39 is 5.41 Å². The number of hydrogen-bond acceptors (Lipinski definition) is 3. The minimum absolute atomic E-state index is 0.261. The summed E-state index contributed by atoms with van der Waals surface area (Å²) < 4.78 is 0. The first-order valence-corrected chi connectivity index (χ1v) is 6.24. The molecule has 1 unspecified atom stereocenters. The Bertz CT molecular complexity index is 371. The van der Waals surface area contributed by atoms with Gasteiger partial charge in [-0.2, -0.15) is 0 Å². The van der Waals surface area contributed by atoms with Crippen LogP contribution in [0.1, 0.15) is 36.6 Å². The lowest BCUT2D eigenvalue weighted by Crippen LogP contribution is -2.41. The molecule has 0 saturated carbocycles. The van der Waals surface area contributed by atoms with Gasteiger partial charge in [0.15, 0.2) is 0 Å². The van der Waals surface area contributed by atoms with Gasteiger partial charge in [-0.25, -0.2) is 0 Å². The summed E-state index contributed by atoms with van der Waals surface area (Å²) in [7, 11) is 0. The summed E-state index contributed by atoms with van der Waals surface area (Å²) in [6, 6.07) is 4.49. The Balaban J connectivity index is 2.53. The maximum atomic E-state index is 11.2. The second kappa shape index (κ2) is 4.97. The van der Waals surface area contributed by atoms with Crippen molar-refractivity contribution in [3.63, 3.8) is 0 Å². The van der Waals surface area contributed by atoms with Gasteiger partial charge in [0, 0.05) is 22.3 Å². The van der Waals surface area contributed by atoms with Gasteiger partial charge in [0.1, 0.15) is 0 Å². The number of primary amides is 1. The third kappa shape index (κ3) is 3.32. The topological polar surface area (TPSA) is 55.1 Å². The molecule has 1 aromatic rings. The number of hydrogen-bond donors (Lipinski definition) is 2. The lowest BCUT2D eigenvalue weighted by molar-refractivity contribution is -0.125. The summed E-state index contributed by atoms with van der Waals surface area (Å²) in [4.78, 5) is 13.8. The quantitative estimate of drug-likeness (QED) is 0.829. The molecule has 0 aromatic carbocycles. The average Bonchev–Trinajstić information content (AvgIpc) is 2.61. The molecular formula is C12H20N2OS. The standard InChI is InChI=1S/C12H20N2OS/c1-8-5-6-10(16-8)9(2)14-7-12(3,4)11(13)15/h5-6,9,14H,7H2,1-4H3,(H2,13,15). The number of rotatable bonds is 5.